The zero-order chi connectivity index (χ0) is 14.9. The van der Waals surface area contributed by atoms with Gasteiger partial charge in [0.2, 0.25) is 10.0 Å². The molecule has 0 saturated carbocycles. The smallest absolute Gasteiger partial charge is 0.243 e. The lowest BCUT2D eigenvalue weighted by atomic mass is 10.1. The third-order valence-corrected chi connectivity index (χ3v) is 6.64. The molecule has 0 amide bonds. The molecule has 2 aromatic rings. The summed E-state index contributed by atoms with van der Waals surface area (Å²) in [5.74, 6) is 0. The molecular weight excluding hydrogens is 435 g/mol. The molecule has 1 aliphatic rings. The van der Waals surface area contributed by atoms with E-state index < -0.39 is 10.0 Å². The molecule has 120 valence electrons. The van der Waals surface area contributed by atoms with E-state index in [1.807, 2.05) is 30.3 Å². The van der Waals surface area contributed by atoms with Gasteiger partial charge in [-0.2, -0.15) is 4.31 Å². The van der Waals surface area contributed by atoms with E-state index in [9.17, 15) is 8.42 Å². The molecule has 1 heterocycles. The number of halogens is 2. The number of sulfonamides is 1. The standard InChI is InChI=1S/C15H17IN2O2S.ClH/c16-14-6-1-5-13-12(14)4-2-7-15(13)21(19,20)18-10-3-8-17-9-11-18;/h1-2,4-7,17H,3,8-11H2;1H/p-1. The van der Waals surface area contributed by atoms with Gasteiger partial charge in [-0.25, -0.2) is 8.42 Å². The highest BCUT2D eigenvalue weighted by Gasteiger charge is 2.26. The van der Waals surface area contributed by atoms with Gasteiger partial charge in [0, 0.05) is 28.6 Å². The van der Waals surface area contributed by atoms with E-state index in [4.69, 9.17) is 0 Å². The molecule has 1 N–H and O–H groups in total. The van der Waals surface area contributed by atoms with Gasteiger partial charge in [-0.05, 0) is 53.1 Å². The zero-order valence-electron chi connectivity index (χ0n) is 11.9. The first kappa shape index (κ1) is 17.9. The number of nitrogens with one attached hydrogen (secondary N) is 1. The maximum Gasteiger partial charge on any atom is 0.243 e. The molecule has 3 rings (SSSR count). The fraction of sp³-hybridized carbons (Fsp3) is 0.333. The van der Waals surface area contributed by atoms with E-state index >= 15 is 0 Å². The minimum Gasteiger partial charge on any atom is -1.00 e. The Labute approximate surface area is 150 Å². The molecular formula is C15H17ClIN2O2S-. The maximum absolute atomic E-state index is 13.0. The predicted molar refractivity (Wildman–Crippen MR) is 92.9 cm³/mol. The van der Waals surface area contributed by atoms with Crippen molar-refractivity contribution in [2.75, 3.05) is 26.2 Å². The van der Waals surface area contributed by atoms with Crippen molar-refractivity contribution in [1.29, 1.82) is 0 Å². The van der Waals surface area contributed by atoms with E-state index in [2.05, 4.69) is 27.9 Å². The van der Waals surface area contributed by atoms with Gasteiger partial charge >= 0.3 is 0 Å². The topological polar surface area (TPSA) is 49.4 Å². The van der Waals surface area contributed by atoms with E-state index in [0.29, 0.717) is 24.5 Å². The Morgan fingerprint density at radius 1 is 1.00 bits per heavy atom. The van der Waals surface area contributed by atoms with Crippen molar-refractivity contribution in [1.82, 2.24) is 9.62 Å². The summed E-state index contributed by atoms with van der Waals surface area (Å²) in [4.78, 5) is 0.417. The van der Waals surface area contributed by atoms with Crippen molar-refractivity contribution < 1.29 is 20.8 Å². The van der Waals surface area contributed by atoms with Crippen molar-refractivity contribution in [3.8, 4) is 0 Å². The Bertz CT molecular complexity index is 759. The molecule has 0 unspecified atom stereocenters. The van der Waals surface area contributed by atoms with Crippen LogP contribution in [0.15, 0.2) is 41.3 Å². The second kappa shape index (κ2) is 7.44. The lowest BCUT2D eigenvalue weighted by Crippen LogP contribution is -3.00. The Hall–Kier alpha value is -0.410. The summed E-state index contributed by atoms with van der Waals surface area (Å²) in [7, 11) is -3.44. The summed E-state index contributed by atoms with van der Waals surface area (Å²) >= 11 is 2.25. The van der Waals surface area contributed by atoms with Crippen LogP contribution >= 0.6 is 22.6 Å². The highest BCUT2D eigenvalue weighted by Crippen LogP contribution is 2.28. The average molecular weight is 452 g/mol. The molecule has 0 bridgehead atoms. The third-order valence-electron chi connectivity index (χ3n) is 3.75. The molecule has 22 heavy (non-hydrogen) atoms. The lowest BCUT2D eigenvalue weighted by molar-refractivity contribution is -0.00000665. The van der Waals surface area contributed by atoms with Crippen LogP contribution in [0, 0.1) is 3.57 Å². The minimum absolute atomic E-state index is 0. The number of hydrogen-bond acceptors (Lipinski definition) is 3. The molecule has 0 atom stereocenters. The maximum atomic E-state index is 13.0. The van der Waals surface area contributed by atoms with Gasteiger partial charge in [-0.3, -0.25) is 0 Å². The highest BCUT2D eigenvalue weighted by molar-refractivity contribution is 14.1. The van der Waals surface area contributed by atoms with Gasteiger partial charge in [0.15, 0.2) is 0 Å². The molecule has 0 aromatic heterocycles. The Balaban J connectivity index is 0.00000176. The molecule has 0 spiro atoms. The second-order valence-electron chi connectivity index (χ2n) is 5.10. The fourth-order valence-electron chi connectivity index (χ4n) is 2.67. The predicted octanol–water partition coefficient (Wildman–Crippen LogP) is -0.568. The first-order valence-electron chi connectivity index (χ1n) is 6.99. The summed E-state index contributed by atoms with van der Waals surface area (Å²) in [5.41, 5.74) is 0. The van der Waals surface area contributed by atoms with Crippen molar-refractivity contribution >= 4 is 43.4 Å². The largest absolute Gasteiger partial charge is 1.00 e. The van der Waals surface area contributed by atoms with Crippen molar-refractivity contribution in [3.05, 3.63) is 40.0 Å². The minimum atomic E-state index is -3.44. The van der Waals surface area contributed by atoms with Gasteiger partial charge in [0.25, 0.3) is 0 Å². The molecule has 4 nitrogen and oxygen atoms in total. The van der Waals surface area contributed by atoms with Crippen LogP contribution in [0.3, 0.4) is 0 Å². The number of fused-ring (bicyclic) bond motifs is 1. The molecule has 2 aromatic carbocycles. The van der Waals surface area contributed by atoms with Gasteiger partial charge in [-0.15, -0.1) is 0 Å². The number of benzene rings is 2. The van der Waals surface area contributed by atoms with E-state index in [-0.39, 0.29) is 12.4 Å². The first-order valence-corrected chi connectivity index (χ1v) is 9.51. The van der Waals surface area contributed by atoms with Crippen molar-refractivity contribution in [2.24, 2.45) is 0 Å². The van der Waals surface area contributed by atoms with Crippen LogP contribution in [0.2, 0.25) is 0 Å². The van der Waals surface area contributed by atoms with Crippen LogP contribution in [0.4, 0.5) is 0 Å². The van der Waals surface area contributed by atoms with Crippen LogP contribution in [-0.2, 0) is 10.0 Å². The number of rotatable bonds is 2. The summed E-state index contributed by atoms with van der Waals surface area (Å²) in [6, 6.07) is 11.3. The van der Waals surface area contributed by atoms with E-state index in [1.54, 1.807) is 10.4 Å². The molecule has 1 aliphatic heterocycles. The normalized spacial score (nSPS) is 17.0. The SMILES string of the molecule is O=S(=O)(c1cccc2c(I)cccc12)N1CCCNCC1.[Cl-]. The monoisotopic (exact) mass is 451 g/mol. The van der Waals surface area contributed by atoms with Crippen LogP contribution in [-0.4, -0.2) is 38.9 Å². The second-order valence-corrected chi connectivity index (χ2v) is 8.17. The van der Waals surface area contributed by atoms with Crippen molar-refractivity contribution in [2.45, 2.75) is 11.3 Å². The van der Waals surface area contributed by atoms with Gasteiger partial charge in [0.1, 0.15) is 0 Å². The molecule has 7 heteroatoms. The summed E-state index contributed by atoms with van der Waals surface area (Å²) < 4.78 is 28.6. The summed E-state index contributed by atoms with van der Waals surface area (Å²) in [6.07, 6.45) is 0.849. The summed E-state index contributed by atoms with van der Waals surface area (Å²) in [5, 5.41) is 5.04. The molecule has 1 fully saturated rings. The van der Waals surface area contributed by atoms with Crippen LogP contribution in [0.5, 0.6) is 0 Å². The quantitative estimate of drug-likeness (QED) is 0.623. The Kier molecular flexibility index (Phi) is 6.07. The Morgan fingerprint density at radius 2 is 1.73 bits per heavy atom. The average Bonchev–Trinajstić information content (AvgIpc) is 2.77. The Morgan fingerprint density at radius 3 is 2.55 bits per heavy atom. The first-order chi connectivity index (χ1) is 10.1. The van der Waals surface area contributed by atoms with Gasteiger partial charge in [0.05, 0.1) is 4.90 Å². The van der Waals surface area contributed by atoms with Crippen LogP contribution in [0.25, 0.3) is 10.8 Å². The summed E-state index contributed by atoms with van der Waals surface area (Å²) in [6.45, 7) is 2.69. The molecule has 0 radical (unpaired) electrons. The molecule has 0 aliphatic carbocycles. The third kappa shape index (κ3) is 3.41. The van der Waals surface area contributed by atoms with E-state index in [0.717, 1.165) is 27.3 Å². The highest BCUT2D eigenvalue weighted by atomic mass is 127. The van der Waals surface area contributed by atoms with E-state index in [1.165, 1.54) is 0 Å². The number of hydrogen-bond donors (Lipinski definition) is 1. The lowest BCUT2D eigenvalue weighted by Gasteiger charge is -2.20. The van der Waals surface area contributed by atoms with Crippen LogP contribution < -0.4 is 17.7 Å². The van der Waals surface area contributed by atoms with Crippen molar-refractivity contribution in [3.63, 3.8) is 0 Å². The molecule has 1 saturated heterocycles. The zero-order valence-corrected chi connectivity index (χ0v) is 15.7. The van der Waals surface area contributed by atoms with Crippen LogP contribution in [0.1, 0.15) is 6.42 Å². The number of nitrogens with zero attached hydrogens (tertiary/aromatic N) is 1. The van der Waals surface area contributed by atoms with Gasteiger partial charge < -0.3 is 17.7 Å². The fourth-order valence-corrected chi connectivity index (χ4v) is 5.03. The van der Waals surface area contributed by atoms with Gasteiger partial charge in [-0.1, -0.05) is 24.3 Å².